The van der Waals surface area contributed by atoms with E-state index in [1.165, 1.54) is 5.56 Å². The molecule has 0 fully saturated rings. The van der Waals surface area contributed by atoms with E-state index < -0.39 is 9.84 Å². The highest BCUT2D eigenvalue weighted by Crippen LogP contribution is 2.11. The summed E-state index contributed by atoms with van der Waals surface area (Å²) in [7, 11) is -2.83. The molecule has 1 N–H and O–H groups in total. The number of benzene rings is 1. The van der Waals surface area contributed by atoms with Gasteiger partial charge < -0.3 is 10.1 Å². The Morgan fingerprint density at radius 2 is 2.05 bits per heavy atom. The van der Waals surface area contributed by atoms with E-state index in [-0.39, 0.29) is 11.5 Å². The van der Waals surface area contributed by atoms with E-state index in [9.17, 15) is 8.42 Å². The molecule has 5 heteroatoms. The number of ether oxygens (including phenoxy) is 1. The predicted octanol–water partition coefficient (Wildman–Crippen LogP) is 1.79. The number of rotatable bonds is 9. The summed E-state index contributed by atoms with van der Waals surface area (Å²) >= 11 is 0. The highest BCUT2D eigenvalue weighted by molar-refractivity contribution is 7.91. The molecule has 0 atom stereocenters. The highest BCUT2D eigenvalue weighted by Gasteiger charge is 2.05. The third-order valence-corrected chi connectivity index (χ3v) is 4.58. The van der Waals surface area contributed by atoms with Crippen LogP contribution in [0, 0.1) is 6.92 Å². The van der Waals surface area contributed by atoms with Gasteiger partial charge in [-0.2, -0.15) is 0 Å². The van der Waals surface area contributed by atoms with Crippen LogP contribution in [0.3, 0.4) is 0 Å². The zero-order chi connectivity index (χ0) is 14.1. The van der Waals surface area contributed by atoms with Crippen LogP contribution in [0.2, 0.25) is 0 Å². The molecule has 0 spiro atoms. The van der Waals surface area contributed by atoms with Crippen LogP contribution < -0.4 is 10.1 Å². The van der Waals surface area contributed by atoms with Crippen LogP contribution in [0.15, 0.2) is 24.3 Å². The second kappa shape index (κ2) is 8.17. The van der Waals surface area contributed by atoms with Gasteiger partial charge in [-0.25, -0.2) is 8.42 Å². The fourth-order valence-electron chi connectivity index (χ4n) is 1.63. The van der Waals surface area contributed by atoms with Gasteiger partial charge in [-0.1, -0.05) is 19.1 Å². The van der Waals surface area contributed by atoms with Crippen molar-refractivity contribution in [2.45, 2.75) is 20.3 Å². The number of nitrogens with one attached hydrogen (secondary N) is 1. The van der Waals surface area contributed by atoms with Gasteiger partial charge in [0.1, 0.15) is 22.2 Å². The van der Waals surface area contributed by atoms with E-state index in [1.54, 1.807) is 6.92 Å². The third-order valence-electron chi connectivity index (χ3n) is 2.79. The average Bonchev–Trinajstić information content (AvgIpc) is 2.38. The Morgan fingerprint density at radius 1 is 1.26 bits per heavy atom. The van der Waals surface area contributed by atoms with Crippen molar-refractivity contribution in [3.05, 3.63) is 29.8 Å². The van der Waals surface area contributed by atoms with E-state index in [0.29, 0.717) is 19.6 Å². The van der Waals surface area contributed by atoms with Crippen LogP contribution in [-0.2, 0) is 9.84 Å². The molecule has 0 aliphatic rings. The fourth-order valence-corrected chi connectivity index (χ4v) is 2.51. The second-order valence-electron chi connectivity index (χ2n) is 4.50. The molecular formula is C14H23NO3S. The summed E-state index contributed by atoms with van der Waals surface area (Å²) in [5.74, 6) is 1.36. The Hall–Kier alpha value is -1.07. The quantitative estimate of drug-likeness (QED) is 0.703. The predicted molar refractivity (Wildman–Crippen MR) is 78.5 cm³/mol. The molecule has 0 aliphatic heterocycles. The molecule has 0 amide bonds. The minimum Gasteiger partial charge on any atom is -0.492 e. The summed E-state index contributed by atoms with van der Waals surface area (Å²) in [5.41, 5.74) is 1.18. The summed E-state index contributed by atoms with van der Waals surface area (Å²) in [6.45, 7) is 5.72. The van der Waals surface area contributed by atoms with E-state index in [1.807, 2.05) is 31.2 Å². The van der Waals surface area contributed by atoms with Crippen molar-refractivity contribution in [1.82, 2.24) is 5.32 Å². The van der Waals surface area contributed by atoms with E-state index >= 15 is 0 Å². The highest BCUT2D eigenvalue weighted by atomic mass is 32.2. The maximum atomic E-state index is 11.3. The van der Waals surface area contributed by atoms with Crippen molar-refractivity contribution in [2.24, 2.45) is 0 Å². The van der Waals surface area contributed by atoms with Crippen molar-refractivity contribution >= 4 is 9.84 Å². The fraction of sp³-hybridized carbons (Fsp3) is 0.571. The van der Waals surface area contributed by atoms with Crippen LogP contribution in [0.1, 0.15) is 18.9 Å². The first-order valence-electron chi connectivity index (χ1n) is 6.64. The van der Waals surface area contributed by atoms with E-state index in [0.717, 1.165) is 12.3 Å². The number of aryl methyl sites for hydroxylation is 1. The van der Waals surface area contributed by atoms with Gasteiger partial charge in [-0.15, -0.1) is 0 Å². The molecule has 1 aromatic rings. The lowest BCUT2D eigenvalue weighted by molar-refractivity contribution is 0.314. The Labute approximate surface area is 116 Å². The maximum Gasteiger partial charge on any atom is 0.150 e. The number of hydrogen-bond acceptors (Lipinski definition) is 4. The van der Waals surface area contributed by atoms with Crippen LogP contribution in [-0.4, -0.2) is 39.6 Å². The maximum absolute atomic E-state index is 11.3. The molecule has 19 heavy (non-hydrogen) atoms. The molecular weight excluding hydrogens is 262 g/mol. The molecule has 0 heterocycles. The molecule has 0 radical (unpaired) electrons. The first-order valence-corrected chi connectivity index (χ1v) is 8.46. The van der Waals surface area contributed by atoms with Crippen molar-refractivity contribution in [3.8, 4) is 5.75 Å². The minimum atomic E-state index is -2.83. The standard InChI is InChI=1S/C14H23NO3S/c1-3-19(16,17)11-5-8-15-9-10-18-14-7-4-6-13(2)12-14/h4,6-7,12,15H,3,5,8-11H2,1-2H3. The largest absolute Gasteiger partial charge is 0.492 e. The number of hydrogen-bond donors (Lipinski definition) is 1. The van der Waals surface area contributed by atoms with Gasteiger partial charge in [-0.05, 0) is 37.6 Å². The first-order chi connectivity index (χ1) is 9.03. The lowest BCUT2D eigenvalue weighted by atomic mass is 10.2. The van der Waals surface area contributed by atoms with E-state index in [4.69, 9.17) is 4.74 Å². The normalized spacial score (nSPS) is 11.5. The van der Waals surface area contributed by atoms with E-state index in [2.05, 4.69) is 5.32 Å². The summed E-state index contributed by atoms with van der Waals surface area (Å²) in [4.78, 5) is 0. The van der Waals surface area contributed by atoms with Gasteiger partial charge in [-0.3, -0.25) is 0 Å². The molecule has 0 aromatic heterocycles. The van der Waals surface area contributed by atoms with Gasteiger partial charge in [0, 0.05) is 12.3 Å². The number of sulfone groups is 1. The molecule has 0 saturated carbocycles. The molecule has 0 unspecified atom stereocenters. The molecule has 0 bridgehead atoms. The topological polar surface area (TPSA) is 55.4 Å². The minimum absolute atomic E-state index is 0.226. The Balaban J connectivity index is 2.06. The summed E-state index contributed by atoms with van der Waals surface area (Å²) in [6.07, 6.45) is 0.653. The Bertz CT molecular complexity index is 471. The zero-order valence-corrected chi connectivity index (χ0v) is 12.5. The molecule has 1 aromatic carbocycles. The van der Waals surface area contributed by atoms with Crippen molar-refractivity contribution < 1.29 is 13.2 Å². The van der Waals surface area contributed by atoms with Gasteiger partial charge >= 0.3 is 0 Å². The van der Waals surface area contributed by atoms with Crippen molar-refractivity contribution in [2.75, 3.05) is 31.2 Å². The van der Waals surface area contributed by atoms with Crippen LogP contribution in [0.5, 0.6) is 5.75 Å². The Kier molecular flexibility index (Phi) is 6.87. The third kappa shape index (κ3) is 7.18. The lowest BCUT2D eigenvalue weighted by Gasteiger charge is -2.08. The zero-order valence-electron chi connectivity index (χ0n) is 11.7. The monoisotopic (exact) mass is 285 g/mol. The van der Waals surface area contributed by atoms with Gasteiger partial charge in [0.25, 0.3) is 0 Å². The van der Waals surface area contributed by atoms with Gasteiger partial charge in [0.15, 0.2) is 0 Å². The molecule has 1 rings (SSSR count). The average molecular weight is 285 g/mol. The van der Waals surface area contributed by atoms with Crippen molar-refractivity contribution in [3.63, 3.8) is 0 Å². The SMILES string of the molecule is CCS(=O)(=O)CCCNCCOc1cccc(C)c1. The van der Waals surface area contributed by atoms with Crippen LogP contribution in [0.25, 0.3) is 0 Å². The molecule has 4 nitrogen and oxygen atoms in total. The second-order valence-corrected chi connectivity index (χ2v) is 6.98. The first kappa shape index (κ1) is 16.0. The van der Waals surface area contributed by atoms with Crippen molar-refractivity contribution in [1.29, 1.82) is 0 Å². The molecule has 0 saturated heterocycles. The molecule has 0 aliphatic carbocycles. The summed E-state index contributed by atoms with van der Waals surface area (Å²) in [5, 5.41) is 3.18. The lowest BCUT2D eigenvalue weighted by Crippen LogP contribution is -2.24. The van der Waals surface area contributed by atoms with Gasteiger partial charge in [0.2, 0.25) is 0 Å². The van der Waals surface area contributed by atoms with Crippen LogP contribution >= 0.6 is 0 Å². The smallest absolute Gasteiger partial charge is 0.150 e. The van der Waals surface area contributed by atoms with Gasteiger partial charge in [0.05, 0.1) is 5.75 Å². The molecule has 108 valence electrons. The summed E-state index contributed by atoms with van der Waals surface area (Å²) in [6, 6.07) is 7.92. The Morgan fingerprint density at radius 3 is 2.74 bits per heavy atom. The summed E-state index contributed by atoms with van der Waals surface area (Å²) < 4.78 is 28.1. The van der Waals surface area contributed by atoms with Crippen LogP contribution in [0.4, 0.5) is 0 Å².